The molecule has 7 heteroatoms. The molecule has 0 bridgehead atoms. The molecule has 1 aromatic rings. The molecule has 0 aliphatic heterocycles. The Balaban J connectivity index is 3.55. The highest BCUT2D eigenvalue weighted by Crippen LogP contribution is 2.33. The van der Waals surface area contributed by atoms with Crippen LogP contribution in [-0.4, -0.2) is 33.0 Å². The standard InChI is InChI=1S/C12H11BrO6/c1-5(14)9(13)8-6(10(15)12(18)19)3-2-4-7(8)11(16)17/h2-4,9-10,15H,1H3,(H,16,17)(H,18,19). The first-order valence-electron chi connectivity index (χ1n) is 5.18. The number of ketones is 1. The van der Waals surface area contributed by atoms with Gasteiger partial charge in [0.1, 0.15) is 5.78 Å². The first kappa shape index (κ1) is 15.3. The van der Waals surface area contributed by atoms with Gasteiger partial charge in [0.25, 0.3) is 0 Å². The Morgan fingerprint density at radius 1 is 1.21 bits per heavy atom. The molecule has 0 radical (unpaired) electrons. The van der Waals surface area contributed by atoms with Crippen LogP contribution in [0.15, 0.2) is 18.2 Å². The summed E-state index contributed by atoms with van der Waals surface area (Å²) >= 11 is 3.02. The Morgan fingerprint density at radius 3 is 2.21 bits per heavy atom. The third-order valence-electron chi connectivity index (χ3n) is 2.51. The summed E-state index contributed by atoms with van der Waals surface area (Å²) in [5.41, 5.74) is -0.392. The zero-order chi connectivity index (χ0) is 14.7. The van der Waals surface area contributed by atoms with Crippen molar-refractivity contribution < 1.29 is 29.7 Å². The number of alkyl halides is 1. The van der Waals surface area contributed by atoms with E-state index in [2.05, 4.69) is 15.9 Å². The number of hydrogen-bond donors (Lipinski definition) is 3. The van der Waals surface area contributed by atoms with Crippen LogP contribution in [0.3, 0.4) is 0 Å². The molecule has 0 aliphatic carbocycles. The van der Waals surface area contributed by atoms with Crippen LogP contribution in [0.2, 0.25) is 0 Å². The fourth-order valence-corrected chi connectivity index (χ4v) is 2.14. The normalized spacial score (nSPS) is 13.6. The summed E-state index contributed by atoms with van der Waals surface area (Å²) < 4.78 is 0. The molecule has 0 spiro atoms. The molecule has 0 amide bonds. The molecule has 1 aromatic carbocycles. The average Bonchev–Trinajstić information content (AvgIpc) is 2.35. The van der Waals surface area contributed by atoms with E-state index in [1.807, 2.05) is 0 Å². The van der Waals surface area contributed by atoms with E-state index in [4.69, 9.17) is 10.2 Å². The van der Waals surface area contributed by atoms with Gasteiger partial charge in [0.2, 0.25) is 0 Å². The molecule has 19 heavy (non-hydrogen) atoms. The highest BCUT2D eigenvalue weighted by atomic mass is 79.9. The largest absolute Gasteiger partial charge is 0.479 e. The number of hydrogen-bond acceptors (Lipinski definition) is 4. The Bertz CT molecular complexity index is 539. The SMILES string of the molecule is CC(=O)C(Br)c1c(C(=O)O)cccc1C(O)C(=O)O. The summed E-state index contributed by atoms with van der Waals surface area (Å²) in [6, 6.07) is 3.83. The van der Waals surface area contributed by atoms with E-state index >= 15 is 0 Å². The van der Waals surface area contributed by atoms with Gasteiger partial charge in [-0.2, -0.15) is 0 Å². The number of carbonyl (C=O) groups is 3. The monoisotopic (exact) mass is 330 g/mol. The Hall–Kier alpha value is -1.73. The third kappa shape index (κ3) is 3.18. The minimum absolute atomic E-state index is 0.0441. The molecule has 0 saturated carbocycles. The number of halogens is 1. The Kier molecular flexibility index (Phi) is 4.79. The van der Waals surface area contributed by atoms with Gasteiger partial charge in [-0.05, 0) is 24.1 Å². The lowest BCUT2D eigenvalue weighted by Crippen LogP contribution is -2.18. The van der Waals surface area contributed by atoms with E-state index in [0.29, 0.717) is 0 Å². The van der Waals surface area contributed by atoms with Crippen molar-refractivity contribution in [3.05, 3.63) is 34.9 Å². The third-order valence-corrected chi connectivity index (χ3v) is 3.61. The number of benzene rings is 1. The molecule has 0 fully saturated rings. The minimum atomic E-state index is -1.89. The minimum Gasteiger partial charge on any atom is -0.479 e. The van der Waals surface area contributed by atoms with Crippen molar-refractivity contribution in [2.75, 3.05) is 0 Å². The number of aromatic carboxylic acids is 1. The van der Waals surface area contributed by atoms with Crippen molar-refractivity contribution in [2.24, 2.45) is 0 Å². The fraction of sp³-hybridized carbons (Fsp3) is 0.250. The van der Waals surface area contributed by atoms with Gasteiger partial charge in [-0.15, -0.1) is 0 Å². The smallest absolute Gasteiger partial charge is 0.337 e. The zero-order valence-electron chi connectivity index (χ0n) is 9.83. The maximum Gasteiger partial charge on any atom is 0.337 e. The number of carboxylic acid groups (broad SMARTS) is 2. The molecule has 102 valence electrons. The van der Waals surface area contributed by atoms with Crippen LogP contribution in [0.25, 0.3) is 0 Å². The molecule has 6 nitrogen and oxygen atoms in total. The lowest BCUT2D eigenvalue weighted by atomic mass is 9.93. The molecule has 1 rings (SSSR count). The number of aliphatic hydroxyl groups is 1. The first-order valence-corrected chi connectivity index (χ1v) is 6.10. The number of rotatable bonds is 5. The predicted octanol–water partition coefficient (Wildman–Crippen LogP) is 1.53. The Labute approximate surface area is 116 Å². The summed E-state index contributed by atoms with van der Waals surface area (Å²) in [6.07, 6.45) is -1.89. The van der Waals surface area contributed by atoms with Crippen LogP contribution in [0.4, 0.5) is 0 Å². The van der Waals surface area contributed by atoms with Gasteiger partial charge in [0, 0.05) is 0 Å². The number of carbonyl (C=O) groups excluding carboxylic acids is 1. The van der Waals surface area contributed by atoms with Crippen molar-refractivity contribution in [3.63, 3.8) is 0 Å². The van der Waals surface area contributed by atoms with E-state index < -0.39 is 28.7 Å². The van der Waals surface area contributed by atoms with Crippen LogP contribution >= 0.6 is 15.9 Å². The first-order chi connectivity index (χ1) is 8.77. The van der Waals surface area contributed by atoms with Gasteiger partial charge in [-0.1, -0.05) is 28.1 Å². The molecule has 0 heterocycles. The van der Waals surface area contributed by atoms with Crippen LogP contribution < -0.4 is 0 Å². The van der Waals surface area contributed by atoms with Crippen molar-refractivity contribution in [1.82, 2.24) is 0 Å². The zero-order valence-corrected chi connectivity index (χ0v) is 11.4. The van der Waals surface area contributed by atoms with Crippen molar-refractivity contribution in [1.29, 1.82) is 0 Å². The maximum absolute atomic E-state index is 11.4. The number of aliphatic hydroxyl groups excluding tert-OH is 1. The summed E-state index contributed by atoms with van der Waals surface area (Å²) in [5.74, 6) is -3.22. The number of aliphatic carboxylic acids is 1. The molecule has 0 saturated heterocycles. The second kappa shape index (κ2) is 5.94. The van der Waals surface area contributed by atoms with E-state index in [9.17, 15) is 19.5 Å². The van der Waals surface area contributed by atoms with Crippen LogP contribution in [-0.2, 0) is 9.59 Å². The van der Waals surface area contributed by atoms with Gasteiger partial charge in [-0.3, -0.25) is 4.79 Å². The summed E-state index contributed by atoms with van der Waals surface area (Å²) in [4.78, 5) is 32.4. The Morgan fingerprint density at radius 2 is 1.79 bits per heavy atom. The highest BCUT2D eigenvalue weighted by molar-refractivity contribution is 9.09. The lowest BCUT2D eigenvalue weighted by Gasteiger charge is -2.17. The van der Waals surface area contributed by atoms with Crippen LogP contribution in [0.5, 0.6) is 0 Å². The van der Waals surface area contributed by atoms with Crippen LogP contribution in [0.1, 0.15) is 39.3 Å². The highest BCUT2D eigenvalue weighted by Gasteiger charge is 2.28. The maximum atomic E-state index is 11.4. The number of Topliss-reactive ketones (excluding diaryl/α,β-unsaturated/α-hetero) is 1. The number of carboxylic acids is 2. The van der Waals surface area contributed by atoms with Gasteiger partial charge in [0.15, 0.2) is 6.10 Å². The van der Waals surface area contributed by atoms with E-state index in [0.717, 1.165) is 0 Å². The summed E-state index contributed by atoms with van der Waals surface area (Å²) in [6.45, 7) is 1.23. The summed E-state index contributed by atoms with van der Waals surface area (Å²) in [5, 5.41) is 27.5. The predicted molar refractivity (Wildman–Crippen MR) is 68.3 cm³/mol. The second-order valence-corrected chi connectivity index (χ2v) is 4.74. The van der Waals surface area contributed by atoms with Gasteiger partial charge >= 0.3 is 11.9 Å². The van der Waals surface area contributed by atoms with Crippen molar-refractivity contribution in [3.8, 4) is 0 Å². The molecule has 2 atom stereocenters. The van der Waals surface area contributed by atoms with Gasteiger partial charge in [0.05, 0.1) is 10.4 Å². The molecular weight excluding hydrogens is 320 g/mol. The molecule has 0 aliphatic rings. The van der Waals surface area contributed by atoms with E-state index in [1.54, 1.807) is 0 Å². The van der Waals surface area contributed by atoms with Gasteiger partial charge < -0.3 is 15.3 Å². The van der Waals surface area contributed by atoms with Gasteiger partial charge in [-0.25, -0.2) is 9.59 Å². The van der Waals surface area contributed by atoms with Crippen molar-refractivity contribution >= 4 is 33.7 Å². The average molecular weight is 331 g/mol. The van der Waals surface area contributed by atoms with E-state index in [-0.39, 0.29) is 16.7 Å². The summed E-state index contributed by atoms with van der Waals surface area (Å²) in [7, 11) is 0. The fourth-order valence-electron chi connectivity index (χ4n) is 1.63. The molecular formula is C12H11BrO6. The van der Waals surface area contributed by atoms with Crippen LogP contribution in [0, 0.1) is 0 Å². The topological polar surface area (TPSA) is 112 Å². The lowest BCUT2D eigenvalue weighted by molar-refractivity contribution is -0.147. The quantitative estimate of drug-likeness (QED) is 0.706. The van der Waals surface area contributed by atoms with E-state index in [1.165, 1.54) is 25.1 Å². The second-order valence-electron chi connectivity index (χ2n) is 3.83. The molecule has 0 aromatic heterocycles. The van der Waals surface area contributed by atoms with Crippen molar-refractivity contribution in [2.45, 2.75) is 17.9 Å². The molecule has 2 unspecified atom stereocenters. The molecule has 3 N–H and O–H groups in total.